The van der Waals surface area contributed by atoms with Gasteiger partial charge in [-0.15, -0.1) is 0 Å². The first-order chi connectivity index (χ1) is 9.38. The Hall–Kier alpha value is -1.81. The summed E-state index contributed by atoms with van der Waals surface area (Å²) in [6.45, 7) is 0. The van der Waals surface area contributed by atoms with Gasteiger partial charge in [-0.25, -0.2) is 9.37 Å². The zero-order valence-electron chi connectivity index (χ0n) is 9.51. The topological polar surface area (TPSA) is 104 Å². The number of nitro groups is 1. The summed E-state index contributed by atoms with van der Waals surface area (Å²) in [7, 11) is 0. The molecule has 7 nitrogen and oxygen atoms in total. The number of hydrogen-bond donors (Lipinski definition) is 1. The second-order valence-corrected chi connectivity index (χ2v) is 5.18. The maximum Gasteiger partial charge on any atom is 0.312 e. The number of anilines is 1. The first-order valence-electron chi connectivity index (χ1n) is 4.98. The minimum Gasteiger partial charge on any atom is -0.430 e. The first-order valence-corrected chi connectivity index (χ1v) is 6.56. The summed E-state index contributed by atoms with van der Waals surface area (Å²) >= 11 is 5.97. The molecule has 1 heterocycles. The highest BCUT2D eigenvalue weighted by molar-refractivity contribution is 9.10. The number of nitrogens with two attached hydrogens (primary N) is 1. The van der Waals surface area contributed by atoms with Crippen LogP contribution in [0.3, 0.4) is 0 Å². The van der Waals surface area contributed by atoms with Crippen LogP contribution in [0.2, 0.25) is 0 Å². The van der Waals surface area contributed by atoms with E-state index in [2.05, 4.69) is 41.8 Å². The number of nitrogens with zero attached hydrogens (tertiary/aromatic N) is 3. The van der Waals surface area contributed by atoms with Crippen LogP contribution in [0.15, 0.2) is 27.3 Å². The van der Waals surface area contributed by atoms with Gasteiger partial charge in [-0.2, -0.15) is 4.98 Å². The molecule has 0 bridgehead atoms. The number of nitro benzene ring substituents is 1. The first kappa shape index (κ1) is 14.6. The number of benzene rings is 1. The lowest BCUT2D eigenvalue weighted by Gasteiger charge is -2.08. The number of nitrogen functional groups attached to an aromatic ring is 1. The van der Waals surface area contributed by atoms with E-state index >= 15 is 0 Å². The second-order valence-electron chi connectivity index (χ2n) is 3.47. The number of rotatable bonds is 3. The molecule has 2 rings (SSSR count). The van der Waals surface area contributed by atoms with Crippen molar-refractivity contribution in [1.29, 1.82) is 0 Å². The van der Waals surface area contributed by atoms with Crippen LogP contribution in [-0.2, 0) is 0 Å². The van der Waals surface area contributed by atoms with Crippen LogP contribution in [0.4, 0.5) is 16.0 Å². The standard InChI is InChI=1S/C10H5Br2FN4O3/c11-4-1-7(17(18)19)8(2-6(4)13)20-9-5(12)3-15-10(14)16-9/h1-3H,(H2,14,15,16). The summed E-state index contributed by atoms with van der Waals surface area (Å²) in [5, 5.41) is 10.9. The van der Waals surface area contributed by atoms with Gasteiger partial charge in [0.05, 0.1) is 20.1 Å². The van der Waals surface area contributed by atoms with Crippen molar-refractivity contribution in [2.75, 3.05) is 5.73 Å². The smallest absolute Gasteiger partial charge is 0.312 e. The van der Waals surface area contributed by atoms with Crippen molar-refractivity contribution in [3.8, 4) is 11.6 Å². The van der Waals surface area contributed by atoms with Crippen LogP contribution in [0.1, 0.15) is 0 Å². The third kappa shape index (κ3) is 3.02. The highest BCUT2D eigenvalue weighted by Gasteiger charge is 2.21. The second kappa shape index (κ2) is 5.67. The van der Waals surface area contributed by atoms with Gasteiger partial charge in [-0.1, -0.05) is 0 Å². The molecule has 0 saturated heterocycles. The highest BCUT2D eigenvalue weighted by atomic mass is 79.9. The molecule has 0 saturated carbocycles. The summed E-state index contributed by atoms with van der Waals surface area (Å²) in [6, 6.07) is 1.88. The van der Waals surface area contributed by atoms with Gasteiger partial charge in [0.2, 0.25) is 17.6 Å². The minimum absolute atomic E-state index is 0.0437. The maximum atomic E-state index is 13.5. The molecule has 0 amide bonds. The van der Waals surface area contributed by atoms with E-state index in [4.69, 9.17) is 10.5 Å². The van der Waals surface area contributed by atoms with Gasteiger partial charge in [0.1, 0.15) is 5.82 Å². The van der Waals surface area contributed by atoms with Crippen LogP contribution < -0.4 is 10.5 Å². The average molecular weight is 408 g/mol. The number of halogens is 3. The molecule has 1 aromatic carbocycles. The van der Waals surface area contributed by atoms with Crippen molar-refractivity contribution < 1.29 is 14.1 Å². The lowest BCUT2D eigenvalue weighted by Crippen LogP contribution is -2.00. The predicted octanol–water partition coefficient (Wildman–Crippen LogP) is 3.42. The van der Waals surface area contributed by atoms with Crippen LogP contribution in [0.5, 0.6) is 11.6 Å². The molecule has 104 valence electrons. The lowest BCUT2D eigenvalue weighted by atomic mass is 10.3. The molecule has 20 heavy (non-hydrogen) atoms. The molecular weight excluding hydrogens is 403 g/mol. The maximum absolute atomic E-state index is 13.5. The fourth-order valence-electron chi connectivity index (χ4n) is 1.28. The van der Waals surface area contributed by atoms with Crippen LogP contribution in [0.25, 0.3) is 0 Å². The highest BCUT2D eigenvalue weighted by Crippen LogP contribution is 2.36. The Morgan fingerprint density at radius 3 is 2.70 bits per heavy atom. The Labute approximate surface area is 128 Å². The van der Waals surface area contributed by atoms with E-state index in [0.29, 0.717) is 4.47 Å². The van der Waals surface area contributed by atoms with Crippen molar-refractivity contribution in [1.82, 2.24) is 9.97 Å². The van der Waals surface area contributed by atoms with Crippen molar-refractivity contribution in [3.63, 3.8) is 0 Å². The minimum atomic E-state index is -0.705. The lowest BCUT2D eigenvalue weighted by molar-refractivity contribution is -0.385. The Kier molecular flexibility index (Phi) is 4.14. The van der Waals surface area contributed by atoms with Gasteiger partial charge in [0.25, 0.3) is 0 Å². The van der Waals surface area contributed by atoms with Crippen LogP contribution in [-0.4, -0.2) is 14.9 Å². The molecule has 0 atom stereocenters. The zero-order chi connectivity index (χ0) is 14.9. The molecule has 2 N–H and O–H groups in total. The van der Waals surface area contributed by atoms with Crippen molar-refractivity contribution in [2.24, 2.45) is 0 Å². The number of ether oxygens (including phenoxy) is 1. The van der Waals surface area contributed by atoms with E-state index in [0.717, 1.165) is 12.1 Å². The van der Waals surface area contributed by atoms with Gasteiger partial charge in [-0.3, -0.25) is 10.1 Å². The fraction of sp³-hybridized carbons (Fsp3) is 0. The van der Waals surface area contributed by atoms with E-state index in [-0.39, 0.29) is 22.1 Å². The molecule has 0 unspecified atom stereocenters. The summed E-state index contributed by atoms with van der Waals surface area (Å²) < 4.78 is 19.0. The summed E-state index contributed by atoms with van der Waals surface area (Å²) in [4.78, 5) is 17.7. The van der Waals surface area contributed by atoms with Crippen LogP contribution in [0, 0.1) is 15.9 Å². The molecule has 0 aliphatic heterocycles. The van der Waals surface area contributed by atoms with Gasteiger partial charge in [-0.05, 0) is 31.9 Å². The summed E-state index contributed by atoms with van der Waals surface area (Å²) in [6.07, 6.45) is 1.32. The Morgan fingerprint density at radius 2 is 2.05 bits per heavy atom. The SMILES string of the molecule is Nc1ncc(Br)c(Oc2cc(F)c(Br)cc2[N+](=O)[O-])n1. The predicted molar refractivity (Wildman–Crippen MR) is 75.0 cm³/mol. The molecule has 0 spiro atoms. The van der Waals surface area contributed by atoms with Crippen molar-refractivity contribution in [3.05, 3.63) is 43.2 Å². The largest absolute Gasteiger partial charge is 0.430 e. The van der Waals surface area contributed by atoms with Gasteiger partial charge >= 0.3 is 5.69 Å². The monoisotopic (exact) mass is 406 g/mol. The Bertz CT molecular complexity index is 698. The summed E-state index contributed by atoms with van der Waals surface area (Å²) in [5.41, 5.74) is 4.98. The fourth-order valence-corrected chi connectivity index (χ4v) is 1.89. The third-order valence-corrected chi connectivity index (χ3v) is 3.29. The van der Waals surface area contributed by atoms with E-state index in [1.807, 2.05) is 0 Å². The molecular formula is C10H5Br2FN4O3. The summed E-state index contributed by atoms with van der Waals surface area (Å²) in [5.74, 6) is -1.14. The van der Waals surface area contributed by atoms with Crippen LogP contribution >= 0.6 is 31.9 Å². The van der Waals surface area contributed by atoms with Gasteiger partial charge in [0, 0.05) is 12.1 Å². The normalized spacial score (nSPS) is 10.3. The quantitative estimate of drug-likeness (QED) is 0.617. The molecule has 1 aromatic heterocycles. The molecule has 10 heteroatoms. The van der Waals surface area contributed by atoms with Gasteiger partial charge < -0.3 is 10.5 Å². The Morgan fingerprint density at radius 1 is 1.35 bits per heavy atom. The Balaban J connectivity index is 2.50. The van der Waals surface area contributed by atoms with E-state index < -0.39 is 16.4 Å². The average Bonchev–Trinajstić information content (AvgIpc) is 2.37. The van der Waals surface area contributed by atoms with E-state index in [1.165, 1.54) is 6.20 Å². The van der Waals surface area contributed by atoms with E-state index in [9.17, 15) is 14.5 Å². The van der Waals surface area contributed by atoms with Crippen molar-refractivity contribution in [2.45, 2.75) is 0 Å². The molecule has 0 aliphatic carbocycles. The number of aromatic nitrogens is 2. The molecule has 0 aliphatic rings. The van der Waals surface area contributed by atoms with E-state index in [1.54, 1.807) is 0 Å². The zero-order valence-corrected chi connectivity index (χ0v) is 12.7. The number of hydrogen-bond acceptors (Lipinski definition) is 6. The molecule has 0 radical (unpaired) electrons. The molecule has 2 aromatic rings. The molecule has 0 fully saturated rings. The van der Waals surface area contributed by atoms with Crippen molar-refractivity contribution >= 4 is 43.5 Å². The van der Waals surface area contributed by atoms with Gasteiger partial charge in [0.15, 0.2) is 0 Å². The third-order valence-electron chi connectivity index (χ3n) is 2.14.